The molecule has 1 aliphatic rings. The number of rotatable bonds is 4. The number of halogens is 1. The number of hydrogen-bond acceptors (Lipinski definition) is 2. The summed E-state index contributed by atoms with van der Waals surface area (Å²) in [5.41, 5.74) is 0.584. The van der Waals surface area contributed by atoms with Crippen LogP contribution in [-0.2, 0) is 6.54 Å². The van der Waals surface area contributed by atoms with Crippen LogP contribution in [-0.4, -0.2) is 28.6 Å². The summed E-state index contributed by atoms with van der Waals surface area (Å²) in [5.74, 6) is -1.28. The SMILES string of the molecule is CC(C)C1CCCN1Cc1ccc(C(=O)O)c(F)c1. The van der Waals surface area contributed by atoms with Crippen LogP contribution >= 0.6 is 0 Å². The summed E-state index contributed by atoms with van der Waals surface area (Å²) in [4.78, 5) is 13.1. The van der Waals surface area contributed by atoms with Gasteiger partial charge in [0.15, 0.2) is 0 Å². The second-order valence-electron chi connectivity index (χ2n) is 5.54. The van der Waals surface area contributed by atoms with Gasteiger partial charge in [-0.1, -0.05) is 19.9 Å². The summed E-state index contributed by atoms with van der Waals surface area (Å²) in [5, 5.41) is 8.81. The second kappa shape index (κ2) is 5.70. The third-order valence-electron chi connectivity index (χ3n) is 3.83. The van der Waals surface area contributed by atoms with E-state index >= 15 is 0 Å². The standard InChI is InChI=1S/C15H20FNO2/c1-10(2)14-4-3-7-17(14)9-11-5-6-12(15(18)19)13(16)8-11/h5-6,8,10,14H,3-4,7,9H2,1-2H3,(H,18,19). The van der Waals surface area contributed by atoms with Crippen molar-refractivity contribution in [3.8, 4) is 0 Å². The van der Waals surface area contributed by atoms with Crippen LogP contribution in [0.2, 0.25) is 0 Å². The normalized spacial score (nSPS) is 20.1. The number of aromatic carboxylic acids is 1. The lowest BCUT2D eigenvalue weighted by molar-refractivity contribution is 0.0692. The largest absolute Gasteiger partial charge is 0.478 e. The van der Waals surface area contributed by atoms with Crippen molar-refractivity contribution in [2.75, 3.05) is 6.54 Å². The molecule has 0 radical (unpaired) electrons. The Bertz CT molecular complexity index is 473. The molecule has 0 bridgehead atoms. The monoisotopic (exact) mass is 265 g/mol. The second-order valence-corrected chi connectivity index (χ2v) is 5.54. The molecule has 1 aromatic rings. The zero-order valence-electron chi connectivity index (χ0n) is 11.4. The fourth-order valence-electron chi connectivity index (χ4n) is 2.87. The van der Waals surface area contributed by atoms with Crippen LogP contribution in [0.25, 0.3) is 0 Å². The lowest BCUT2D eigenvalue weighted by Crippen LogP contribution is -2.32. The molecule has 0 aromatic heterocycles. The van der Waals surface area contributed by atoms with Gasteiger partial charge in [0.2, 0.25) is 0 Å². The summed E-state index contributed by atoms with van der Waals surface area (Å²) in [6.45, 7) is 6.14. The molecule has 0 amide bonds. The van der Waals surface area contributed by atoms with Crippen molar-refractivity contribution in [3.63, 3.8) is 0 Å². The first-order chi connectivity index (χ1) is 8.99. The van der Waals surface area contributed by atoms with E-state index in [1.54, 1.807) is 6.07 Å². The number of hydrogen-bond donors (Lipinski definition) is 1. The van der Waals surface area contributed by atoms with E-state index in [0.717, 1.165) is 12.1 Å². The first-order valence-electron chi connectivity index (χ1n) is 6.75. The number of nitrogens with zero attached hydrogens (tertiary/aromatic N) is 1. The van der Waals surface area contributed by atoms with Gasteiger partial charge >= 0.3 is 5.97 Å². The molecule has 1 fully saturated rings. The lowest BCUT2D eigenvalue weighted by Gasteiger charge is -2.27. The first kappa shape index (κ1) is 14.0. The molecule has 3 nitrogen and oxygen atoms in total. The highest BCUT2D eigenvalue weighted by Crippen LogP contribution is 2.25. The number of likely N-dealkylation sites (tertiary alicyclic amines) is 1. The molecule has 0 saturated carbocycles. The van der Waals surface area contributed by atoms with Crippen molar-refractivity contribution in [1.29, 1.82) is 0 Å². The van der Waals surface area contributed by atoms with E-state index in [4.69, 9.17) is 5.11 Å². The van der Waals surface area contributed by atoms with Gasteiger partial charge in [-0.3, -0.25) is 4.90 Å². The van der Waals surface area contributed by atoms with Crippen molar-refractivity contribution in [2.24, 2.45) is 5.92 Å². The van der Waals surface area contributed by atoms with Gasteiger partial charge in [-0.15, -0.1) is 0 Å². The van der Waals surface area contributed by atoms with Crippen molar-refractivity contribution in [2.45, 2.75) is 39.3 Å². The quantitative estimate of drug-likeness (QED) is 0.909. The Morgan fingerprint density at radius 1 is 1.53 bits per heavy atom. The molecule has 0 spiro atoms. The van der Waals surface area contributed by atoms with Crippen LogP contribution in [0.15, 0.2) is 18.2 Å². The fourth-order valence-corrected chi connectivity index (χ4v) is 2.87. The molecule has 1 aromatic carbocycles. The smallest absolute Gasteiger partial charge is 0.338 e. The van der Waals surface area contributed by atoms with Crippen molar-refractivity contribution in [1.82, 2.24) is 4.90 Å². The summed E-state index contributed by atoms with van der Waals surface area (Å²) in [6, 6.07) is 4.96. The Morgan fingerprint density at radius 3 is 2.84 bits per heavy atom. The minimum atomic E-state index is -1.22. The van der Waals surface area contributed by atoms with Crippen LogP contribution in [0.5, 0.6) is 0 Å². The van der Waals surface area contributed by atoms with E-state index < -0.39 is 11.8 Å². The highest BCUT2D eigenvalue weighted by molar-refractivity contribution is 5.87. The minimum Gasteiger partial charge on any atom is -0.478 e. The molecule has 1 saturated heterocycles. The van der Waals surface area contributed by atoms with Gasteiger partial charge in [0.05, 0.1) is 5.56 Å². The molecule has 4 heteroatoms. The molecule has 19 heavy (non-hydrogen) atoms. The minimum absolute atomic E-state index is 0.259. The molecular formula is C15H20FNO2. The summed E-state index contributed by atoms with van der Waals surface area (Å²) >= 11 is 0. The highest BCUT2D eigenvalue weighted by atomic mass is 19.1. The third-order valence-corrected chi connectivity index (χ3v) is 3.83. The summed E-state index contributed by atoms with van der Waals surface area (Å²) < 4.78 is 13.6. The number of carboxylic acid groups (broad SMARTS) is 1. The Labute approximate surface area is 113 Å². The Balaban J connectivity index is 2.11. The summed E-state index contributed by atoms with van der Waals surface area (Å²) in [7, 11) is 0. The van der Waals surface area contributed by atoms with Crippen LogP contribution in [0, 0.1) is 11.7 Å². The molecule has 1 heterocycles. The molecular weight excluding hydrogens is 245 g/mol. The molecule has 0 aliphatic carbocycles. The van der Waals surface area contributed by atoms with Gasteiger partial charge < -0.3 is 5.11 Å². The number of benzene rings is 1. The molecule has 2 rings (SSSR count). The average Bonchev–Trinajstić information content (AvgIpc) is 2.76. The Hall–Kier alpha value is -1.42. The molecule has 1 aliphatic heterocycles. The van der Waals surface area contributed by atoms with Gasteiger partial charge in [-0.05, 0) is 43.0 Å². The van der Waals surface area contributed by atoms with Gasteiger partial charge in [0.1, 0.15) is 5.82 Å². The maximum atomic E-state index is 13.6. The fraction of sp³-hybridized carbons (Fsp3) is 0.533. The zero-order chi connectivity index (χ0) is 14.0. The van der Waals surface area contributed by atoms with E-state index in [-0.39, 0.29) is 5.56 Å². The van der Waals surface area contributed by atoms with Crippen LogP contribution in [0.1, 0.15) is 42.6 Å². The number of carbonyl (C=O) groups is 1. The highest BCUT2D eigenvalue weighted by Gasteiger charge is 2.27. The lowest BCUT2D eigenvalue weighted by atomic mass is 10.0. The Kier molecular flexibility index (Phi) is 4.20. The van der Waals surface area contributed by atoms with Gasteiger partial charge in [-0.2, -0.15) is 0 Å². The van der Waals surface area contributed by atoms with Crippen LogP contribution in [0.4, 0.5) is 4.39 Å². The van der Waals surface area contributed by atoms with Gasteiger partial charge in [0, 0.05) is 12.6 Å². The maximum absolute atomic E-state index is 13.6. The zero-order valence-corrected chi connectivity index (χ0v) is 11.4. The predicted molar refractivity (Wildman–Crippen MR) is 71.6 cm³/mol. The molecule has 1 atom stereocenters. The van der Waals surface area contributed by atoms with Crippen LogP contribution < -0.4 is 0 Å². The van der Waals surface area contributed by atoms with Crippen LogP contribution in [0.3, 0.4) is 0 Å². The van der Waals surface area contributed by atoms with Crippen molar-refractivity contribution < 1.29 is 14.3 Å². The number of carboxylic acids is 1. The van der Waals surface area contributed by atoms with E-state index in [2.05, 4.69) is 18.7 Å². The average molecular weight is 265 g/mol. The van der Waals surface area contributed by atoms with Crippen molar-refractivity contribution in [3.05, 3.63) is 35.1 Å². The van der Waals surface area contributed by atoms with Gasteiger partial charge in [-0.25, -0.2) is 9.18 Å². The van der Waals surface area contributed by atoms with E-state index in [1.165, 1.54) is 25.0 Å². The topological polar surface area (TPSA) is 40.5 Å². The maximum Gasteiger partial charge on any atom is 0.338 e. The molecule has 1 N–H and O–H groups in total. The van der Waals surface area contributed by atoms with Gasteiger partial charge in [0.25, 0.3) is 0 Å². The first-order valence-corrected chi connectivity index (χ1v) is 6.75. The molecule has 1 unspecified atom stereocenters. The third kappa shape index (κ3) is 3.13. The Morgan fingerprint density at radius 2 is 2.26 bits per heavy atom. The van der Waals surface area contributed by atoms with E-state index in [9.17, 15) is 9.18 Å². The van der Waals surface area contributed by atoms with Crippen molar-refractivity contribution >= 4 is 5.97 Å². The van der Waals surface area contributed by atoms with E-state index in [0.29, 0.717) is 18.5 Å². The van der Waals surface area contributed by atoms with E-state index in [1.807, 2.05) is 0 Å². The predicted octanol–water partition coefficient (Wildman–Crippen LogP) is 3.14. The summed E-state index contributed by atoms with van der Waals surface area (Å²) in [6.07, 6.45) is 2.37. The molecule has 104 valence electrons.